The fourth-order valence-corrected chi connectivity index (χ4v) is 5.23. The zero-order valence-corrected chi connectivity index (χ0v) is 29.0. The Kier molecular flexibility index (Phi) is 14.8. The molecule has 2 aromatic carbocycles. The van der Waals surface area contributed by atoms with Crippen molar-refractivity contribution in [3.8, 4) is 34.0 Å². The lowest BCUT2D eigenvalue weighted by Crippen LogP contribution is -2.35. The van der Waals surface area contributed by atoms with Crippen LogP contribution in [0.4, 0.5) is 11.4 Å². The second-order valence-electron chi connectivity index (χ2n) is 10.7. The first kappa shape index (κ1) is 37.3. The van der Waals surface area contributed by atoms with E-state index in [1.54, 1.807) is 44.6 Å². The number of morpholine rings is 2. The molecule has 49 heavy (non-hydrogen) atoms. The molecule has 0 aliphatic carbocycles. The number of non-ortho nitro benzene ring substituents is 2. The van der Waals surface area contributed by atoms with E-state index in [4.69, 9.17) is 18.9 Å². The zero-order chi connectivity index (χ0) is 35.0. The summed E-state index contributed by atoms with van der Waals surface area (Å²) in [6.07, 6.45) is 0. The lowest BCUT2D eigenvalue weighted by atomic mass is 10.1. The fourth-order valence-electron chi connectivity index (χ4n) is 4.92. The van der Waals surface area contributed by atoms with Crippen molar-refractivity contribution in [2.45, 2.75) is 11.9 Å². The zero-order valence-electron chi connectivity index (χ0n) is 27.4. The van der Waals surface area contributed by atoms with Gasteiger partial charge in [-0.15, -0.1) is 0 Å². The highest BCUT2D eigenvalue weighted by molar-refractivity contribution is 9.08. The molecule has 4 heterocycles. The molecule has 15 heteroatoms. The molecule has 260 valence electrons. The number of alkyl halides is 1. The Hall–Kier alpha value is -4.54. The standard InChI is InChI=1S/C17H19N3O4.C13H11BrN2O3.C4H9NO/c1-23-16-6-5-14(12-19-7-9-24-10-8-19)18-17(16)13-3-2-4-15(11-13)20(21)22;1-19-12-6-5-10(8-14)15-13(12)9-3-2-4-11(7-9)16(17)18;1-3-6-4-2-5-1/h2-6,11H,7-10,12H2,1H3;2-7H,8H2,1H3;5H,1-4H2. The van der Waals surface area contributed by atoms with Crippen LogP contribution in [0.1, 0.15) is 11.4 Å². The summed E-state index contributed by atoms with van der Waals surface area (Å²) in [7, 11) is 3.12. The highest BCUT2D eigenvalue weighted by Gasteiger charge is 2.16. The molecule has 14 nitrogen and oxygen atoms in total. The van der Waals surface area contributed by atoms with Crippen LogP contribution in [-0.2, 0) is 21.3 Å². The number of nitro benzene ring substituents is 2. The minimum absolute atomic E-state index is 0.0330. The smallest absolute Gasteiger partial charge is 0.270 e. The monoisotopic (exact) mass is 738 g/mol. The van der Waals surface area contributed by atoms with Crippen molar-refractivity contribution in [1.29, 1.82) is 0 Å². The third kappa shape index (κ3) is 11.3. The first-order valence-electron chi connectivity index (χ1n) is 15.5. The quantitative estimate of drug-likeness (QED) is 0.127. The maximum Gasteiger partial charge on any atom is 0.270 e. The molecule has 4 aromatic rings. The number of aromatic nitrogens is 2. The normalized spacial score (nSPS) is 14.3. The van der Waals surface area contributed by atoms with E-state index in [9.17, 15) is 20.2 Å². The van der Waals surface area contributed by atoms with Crippen LogP contribution in [0.15, 0.2) is 72.8 Å². The first-order valence-corrected chi connectivity index (χ1v) is 16.7. The molecule has 0 unspecified atom stereocenters. The minimum Gasteiger partial charge on any atom is -0.494 e. The van der Waals surface area contributed by atoms with Crippen LogP contribution >= 0.6 is 15.9 Å². The van der Waals surface area contributed by atoms with Crippen LogP contribution in [0.5, 0.6) is 11.5 Å². The number of pyridine rings is 2. The van der Waals surface area contributed by atoms with E-state index in [1.165, 1.54) is 24.3 Å². The van der Waals surface area contributed by atoms with Crippen molar-refractivity contribution >= 4 is 27.3 Å². The van der Waals surface area contributed by atoms with Gasteiger partial charge in [-0.1, -0.05) is 40.2 Å². The number of benzene rings is 2. The molecular weight excluding hydrogens is 700 g/mol. The molecule has 2 aliphatic heterocycles. The van der Waals surface area contributed by atoms with E-state index in [1.807, 2.05) is 18.2 Å². The molecule has 2 saturated heterocycles. The molecule has 1 N–H and O–H groups in total. The molecule has 0 atom stereocenters. The van der Waals surface area contributed by atoms with Gasteiger partial charge in [-0.05, 0) is 24.3 Å². The van der Waals surface area contributed by atoms with Crippen LogP contribution in [0.25, 0.3) is 22.5 Å². The van der Waals surface area contributed by atoms with E-state index >= 15 is 0 Å². The Morgan fingerprint density at radius 2 is 1.24 bits per heavy atom. The molecule has 0 bridgehead atoms. The number of hydrogen-bond donors (Lipinski definition) is 1. The SMILES string of the molecule is C1COCCN1.COc1ccc(CBr)nc1-c1cccc([N+](=O)[O-])c1.COc1ccc(CN2CCOCC2)nc1-c1cccc([N+](=O)[O-])c1. The van der Waals surface area contributed by atoms with Gasteiger partial charge in [0.25, 0.3) is 11.4 Å². The lowest BCUT2D eigenvalue weighted by Gasteiger charge is -2.26. The van der Waals surface area contributed by atoms with Crippen molar-refractivity contribution in [2.24, 2.45) is 0 Å². The number of rotatable bonds is 9. The average molecular weight is 740 g/mol. The summed E-state index contributed by atoms with van der Waals surface area (Å²) in [5, 5.41) is 25.6. The molecule has 2 aliphatic rings. The number of nitrogens with one attached hydrogen (secondary N) is 1. The molecule has 0 amide bonds. The maximum absolute atomic E-state index is 11.0. The van der Waals surface area contributed by atoms with Crippen LogP contribution in [0.3, 0.4) is 0 Å². The van der Waals surface area contributed by atoms with Gasteiger partial charge in [0.1, 0.15) is 22.9 Å². The van der Waals surface area contributed by atoms with Crippen LogP contribution in [0, 0.1) is 20.2 Å². The Labute approximate surface area is 292 Å². The highest BCUT2D eigenvalue weighted by Crippen LogP contribution is 2.32. The van der Waals surface area contributed by atoms with Crippen molar-refractivity contribution in [1.82, 2.24) is 20.2 Å². The highest BCUT2D eigenvalue weighted by atomic mass is 79.9. The van der Waals surface area contributed by atoms with Crippen molar-refractivity contribution in [3.63, 3.8) is 0 Å². The minimum atomic E-state index is -0.426. The van der Waals surface area contributed by atoms with E-state index in [0.29, 0.717) is 39.3 Å². The Bertz CT molecular complexity index is 1670. The van der Waals surface area contributed by atoms with E-state index in [0.717, 1.165) is 70.5 Å². The summed E-state index contributed by atoms with van der Waals surface area (Å²) in [5.41, 5.74) is 4.36. The van der Waals surface area contributed by atoms with Crippen molar-refractivity contribution in [3.05, 3.63) is 104 Å². The Balaban J connectivity index is 0.000000192. The second-order valence-corrected chi connectivity index (χ2v) is 11.3. The second kappa shape index (κ2) is 19.5. The van der Waals surface area contributed by atoms with Gasteiger partial charge in [-0.3, -0.25) is 25.1 Å². The molecular formula is C34H39BrN6O8. The summed E-state index contributed by atoms with van der Waals surface area (Å²) >= 11 is 3.34. The van der Waals surface area contributed by atoms with Crippen molar-refractivity contribution in [2.75, 3.05) is 66.8 Å². The van der Waals surface area contributed by atoms with Gasteiger partial charge in [0.15, 0.2) is 0 Å². The Morgan fingerprint density at radius 3 is 1.67 bits per heavy atom. The molecule has 0 radical (unpaired) electrons. The molecule has 2 fully saturated rings. The number of ether oxygens (including phenoxy) is 4. The van der Waals surface area contributed by atoms with E-state index in [2.05, 4.69) is 36.1 Å². The number of nitrogens with zero attached hydrogens (tertiary/aromatic N) is 5. The summed E-state index contributed by atoms with van der Waals surface area (Å²) in [6, 6.07) is 20.2. The Morgan fingerprint density at radius 1 is 0.755 bits per heavy atom. The third-order valence-corrected chi connectivity index (χ3v) is 7.98. The maximum atomic E-state index is 11.0. The number of hydrogen-bond acceptors (Lipinski definition) is 12. The summed E-state index contributed by atoms with van der Waals surface area (Å²) in [4.78, 5) is 32.4. The lowest BCUT2D eigenvalue weighted by molar-refractivity contribution is -0.385. The average Bonchev–Trinajstić information content (AvgIpc) is 3.16. The molecule has 6 rings (SSSR count). The van der Waals surface area contributed by atoms with Crippen LogP contribution < -0.4 is 14.8 Å². The number of methoxy groups -OCH3 is 2. The van der Waals surface area contributed by atoms with Crippen LogP contribution in [-0.4, -0.2) is 91.5 Å². The van der Waals surface area contributed by atoms with E-state index in [-0.39, 0.29) is 11.4 Å². The summed E-state index contributed by atoms with van der Waals surface area (Å²) in [6.45, 7) is 7.76. The van der Waals surface area contributed by atoms with Gasteiger partial charge in [0, 0.05) is 73.4 Å². The first-order chi connectivity index (χ1) is 23.8. The van der Waals surface area contributed by atoms with Gasteiger partial charge in [0.05, 0.1) is 61.9 Å². The van der Waals surface area contributed by atoms with Gasteiger partial charge in [-0.25, -0.2) is 9.97 Å². The fraction of sp³-hybridized carbons (Fsp3) is 0.353. The van der Waals surface area contributed by atoms with Crippen molar-refractivity contribution < 1.29 is 28.8 Å². The predicted octanol–water partition coefficient (Wildman–Crippen LogP) is 5.66. The summed E-state index contributed by atoms with van der Waals surface area (Å²) < 4.78 is 21.0. The number of halogens is 1. The molecule has 0 saturated carbocycles. The molecule has 2 aromatic heterocycles. The molecule has 0 spiro atoms. The topological polar surface area (TPSA) is 164 Å². The summed E-state index contributed by atoms with van der Waals surface area (Å²) in [5.74, 6) is 1.19. The van der Waals surface area contributed by atoms with E-state index < -0.39 is 9.85 Å². The predicted molar refractivity (Wildman–Crippen MR) is 188 cm³/mol. The van der Waals surface area contributed by atoms with Gasteiger partial charge < -0.3 is 24.3 Å². The van der Waals surface area contributed by atoms with Gasteiger partial charge in [-0.2, -0.15) is 0 Å². The van der Waals surface area contributed by atoms with Gasteiger partial charge in [0.2, 0.25) is 0 Å². The third-order valence-electron chi connectivity index (χ3n) is 7.41. The van der Waals surface area contributed by atoms with Gasteiger partial charge >= 0.3 is 0 Å². The van der Waals surface area contributed by atoms with Crippen LogP contribution in [0.2, 0.25) is 0 Å². The number of nitro groups is 2. The largest absolute Gasteiger partial charge is 0.494 e.